The molecule has 0 aromatic heterocycles. The molecular weight excluding hydrogens is 284 g/mol. The van der Waals surface area contributed by atoms with Gasteiger partial charge in [-0.25, -0.2) is 8.42 Å². The Morgan fingerprint density at radius 2 is 2.25 bits per heavy atom. The van der Waals surface area contributed by atoms with Crippen LogP contribution >= 0.6 is 0 Å². The predicted molar refractivity (Wildman–Crippen MR) is 67.3 cm³/mol. The quantitative estimate of drug-likeness (QED) is 0.843. The Morgan fingerprint density at radius 3 is 2.90 bits per heavy atom. The van der Waals surface area contributed by atoms with Crippen LogP contribution in [0.15, 0.2) is 29.2 Å². The van der Waals surface area contributed by atoms with Gasteiger partial charge < -0.3 is 9.84 Å². The number of carbonyl (C=O) groups is 1. The van der Waals surface area contributed by atoms with E-state index in [9.17, 15) is 13.2 Å². The van der Waals surface area contributed by atoms with E-state index in [1.807, 2.05) is 6.07 Å². The van der Waals surface area contributed by atoms with Crippen molar-refractivity contribution in [3.63, 3.8) is 0 Å². The Bertz CT molecular complexity index is 665. The van der Waals surface area contributed by atoms with Crippen molar-refractivity contribution in [2.75, 3.05) is 19.8 Å². The number of ether oxygens (including phenoxy) is 1. The van der Waals surface area contributed by atoms with Gasteiger partial charge >= 0.3 is 5.97 Å². The van der Waals surface area contributed by atoms with E-state index in [1.54, 1.807) is 0 Å². The lowest BCUT2D eigenvalue weighted by atomic mass is 10.2. The topological polar surface area (TPSA) is 108 Å². The molecule has 1 aliphatic rings. The van der Waals surface area contributed by atoms with Crippen molar-refractivity contribution in [1.29, 1.82) is 5.26 Å². The number of hydrogen-bond acceptors (Lipinski definition) is 5. The van der Waals surface area contributed by atoms with Gasteiger partial charge in [-0.2, -0.15) is 9.57 Å². The van der Waals surface area contributed by atoms with Crippen molar-refractivity contribution in [3.8, 4) is 6.07 Å². The Labute approximate surface area is 116 Å². The molecule has 106 valence electrons. The second kappa shape index (κ2) is 5.58. The first-order chi connectivity index (χ1) is 9.46. The van der Waals surface area contributed by atoms with Crippen LogP contribution in [0.3, 0.4) is 0 Å². The molecule has 1 fully saturated rings. The molecule has 1 atom stereocenters. The molecule has 8 heteroatoms. The van der Waals surface area contributed by atoms with Gasteiger partial charge in [-0.3, -0.25) is 4.79 Å². The van der Waals surface area contributed by atoms with Crippen molar-refractivity contribution in [2.45, 2.75) is 10.9 Å². The normalized spacial score (nSPS) is 20.2. The first kappa shape index (κ1) is 14.5. The van der Waals surface area contributed by atoms with Crippen LogP contribution in [0.1, 0.15) is 5.56 Å². The average Bonchev–Trinajstić information content (AvgIpc) is 2.47. The molecule has 0 amide bonds. The molecule has 1 aliphatic heterocycles. The van der Waals surface area contributed by atoms with Crippen molar-refractivity contribution < 1.29 is 23.1 Å². The monoisotopic (exact) mass is 296 g/mol. The Morgan fingerprint density at radius 1 is 1.50 bits per heavy atom. The number of nitriles is 1. The molecule has 2 rings (SSSR count). The molecule has 1 saturated heterocycles. The fourth-order valence-corrected chi connectivity index (χ4v) is 3.53. The van der Waals surface area contributed by atoms with E-state index in [0.717, 1.165) is 4.31 Å². The molecule has 0 radical (unpaired) electrons. The minimum Gasteiger partial charge on any atom is -0.480 e. The van der Waals surface area contributed by atoms with Gasteiger partial charge in [0.05, 0.1) is 29.7 Å². The number of benzene rings is 1. The van der Waals surface area contributed by atoms with E-state index in [2.05, 4.69) is 0 Å². The zero-order chi connectivity index (χ0) is 14.8. The number of sulfonamides is 1. The van der Waals surface area contributed by atoms with Gasteiger partial charge in [0.25, 0.3) is 0 Å². The lowest BCUT2D eigenvalue weighted by Crippen LogP contribution is -2.52. The summed E-state index contributed by atoms with van der Waals surface area (Å²) in [6.07, 6.45) is 0. The number of morpholine rings is 1. The second-order valence-corrected chi connectivity index (χ2v) is 6.07. The molecule has 7 nitrogen and oxygen atoms in total. The Hall–Kier alpha value is -1.95. The van der Waals surface area contributed by atoms with E-state index in [1.165, 1.54) is 24.3 Å². The summed E-state index contributed by atoms with van der Waals surface area (Å²) >= 11 is 0. The molecule has 20 heavy (non-hydrogen) atoms. The Balaban J connectivity index is 2.42. The van der Waals surface area contributed by atoms with Gasteiger partial charge in [-0.1, -0.05) is 6.07 Å². The summed E-state index contributed by atoms with van der Waals surface area (Å²) in [5, 5.41) is 17.9. The van der Waals surface area contributed by atoms with Crippen LogP contribution in [0.5, 0.6) is 0 Å². The third-order valence-electron chi connectivity index (χ3n) is 2.93. The van der Waals surface area contributed by atoms with Crippen molar-refractivity contribution in [3.05, 3.63) is 29.8 Å². The number of nitrogens with zero attached hydrogens (tertiary/aromatic N) is 2. The van der Waals surface area contributed by atoms with E-state index in [-0.39, 0.29) is 30.2 Å². The smallest absolute Gasteiger partial charge is 0.324 e. The zero-order valence-electron chi connectivity index (χ0n) is 10.4. The van der Waals surface area contributed by atoms with Crippen LogP contribution in [-0.4, -0.2) is 49.6 Å². The molecule has 0 spiro atoms. The average molecular weight is 296 g/mol. The highest BCUT2D eigenvalue weighted by Gasteiger charge is 2.38. The molecule has 0 saturated carbocycles. The summed E-state index contributed by atoms with van der Waals surface area (Å²) in [5.74, 6) is -1.26. The first-order valence-electron chi connectivity index (χ1n) is 5.79. The van der Waals surface area contributed by atoms with Gasteiger partial charge in [-0.05, 0) is 18.2 Å². The van der Waals surface area contributed by atoms with Gasteiger partial charge in [0.15, 0.2) is 0 Å². The van der Waals surface area contributed by atoms with Crippen LogP contribution in [0.2, 0.25) is 0 Å². The third-order valence-corrected chi connectivity index (χ3v) is 4.84. The summed E-state index contributed by atoms with van der Waals surface area (Å²) in [4.78, 5) is 11.0. The molecule has 0 bridgehead atoms. The fourth-order valence-electron chi connectivity index (χ4n) is 1.93. The predicted octanol–water partition coefficient (Wildman–Crippen LogP) is 0.0324. The summed E-state index contributed by atoms with van der Waals surface area (Å²) in [6.45, 7) is -0.0798. The van der Waals surface area contributed by atoms with Crippen molar-refractivity contribution in [2.24, 2.45) is 0 Å². The van der Waals surface area contributed by atoms with E-state index in [4.69, 9.17) is 15.1 Å². The van der Waals surface area contributed by atoms with Crippen LogP contribution in [0, 0.1) is 11.3 Å². The number of hydrogen-bond donors (Lipinski definition) is 1. The minimum atomic E-state index is -3.97. The minimum absolute atomic E-state index is 0.0317. The molecule has 1 aromatic carbocycles. The van der Waals surface area contributed by atoms with Gasteiger partial charge in [0, 0.05) is 6.54 Å². The second-order valence-electron chi connectivity index (χ2n) is 4.18. The SMILES string of the molecule is N#Cc1cccc(S(=O)(=O)N2CCOCC2C(=O)O)c1. The van der Waals surface area contributed by atoms with Crippen LogP contribution in [0.4, 0.5) is 0 Å². The van der Waals surface area contributed by atoms with Crippen molar-refractivity contribution >= 4 is 16.0 Å². The highest BCUT2D eigenvalue weighted by molar-refractivity contribution is 7.89. The summed E-state index contributed by atoms with van der Waals surface area (Å²) in [7, 11) is -3.97. The first-order valence-corrected chi connectivity index (χ1v) is 7.23. The molecule has 1 aromatic rings. The van der Waals surface area contributed by atoms with E-state index >= 15 is 0 Å². The fraction of sp³-hybridized carbons (Fsp3) is 0.333. The van der Waals surface area contributed by atoms with Gasteiger partial charge in [0.1, 0.15) is 6.04 Å². The summed E-state index contributed by atoms with van der Waals surface area (Å²) in [6, 6.07) is 6.09. The number of aliphatic carboxylic acids is 1. The van der Waals surface area contributed by atoms with Crippen molar-refractivity contribution in [1.82, 2.24) is 4.31 Å². The molecule has 1 unspecified atom stereocenters. The lowest BCUT2D eigenvalue weighted by Gasteiger charge is -2.31. The molecular formula is C12H12N2O5S. The maximum absolute atomic E-state index is 12.5. The standard InChI is InChI=1S/C12H12N2O5S/c13-7-9-2-1-3-10(6-9)20(17,18)14-4-5-19-8-11(14)12(15)16/h1-3,6,11H,4-5,8H2,(H,15,16). The van der Waals surface area contributed by atoms with Gasteiger partial charge in [-0.15, -0.1) is 0 Å². The van der Waals surface area contributed by atoms with Gasteiger partial charge in [0.2, 0.25) is 10.0 Å². The summed E-state index contributed by atoms with van der Waals surface area (Å²) < 4.78 is 30.8. The highest BCUT2D eigenvalue weighted by atomic mass is 32.2. The summed E-state index contributed by atoms with van der Waals surface area (Å²) in [5.41, 5.74) is 0.200. The largest absolute Gasteiger partial charge is 0.480 e. The third kappa shape index (κ3) is 2.65. The number of rotatable bonds is 3. The van der Waals surface area contributed by atoms with Crippen LogP contribution in [0.25, 0.3) is 0 Å². The maximum atomic E-state index is 12.5. The van der Waals surface area contributed by atoms with E-state index in [0.29, 0.717) is 0 Å². The maximum Gasteiger partial charge on any atom is 0.324 e. The Kier molecular flexibility index (Phi) is 4.04. The van der Waals surface area contributed by atoms with Crippen LogP contribution < -0.4 is 0 Å². The molecule has 1 heterocycles. The lowest BCUT2D eigenvalue weighted by molar-refractivity contribution is -0.146. The molecule has 0 aliphatic carbocycles. The number of carboxylic acid groups (broad SMARTS) is 1. The zero-order valence-corrected chi connectivity index (χ0v) is 11.2. The number of carboxylic acids is 1. The van der Waals surface area contributed by atoms with E-state index < -0.39 is 22.0 Å². The molecule has 1 N–H and O–H groups in total. The highest BCUT2D eigenvalue weighted by Crippen LogP contribution is 2.21. The van der Waals surface area contributed by atoms with Crippen LogP contribution in [-0.2, 0) is 19.6 Å².